The Labute approximate surface area is 108 Å². The van der Waals surface area contributed by atoms with Gasteiger partial charge in [0.1, 0.15) is 0 Å². The molecule has 1 saturated carbocycles. The number of nitrogens with zero attached hydrogens (tertiary/aromatic N) is 1. The molecule has 1 saturated heterocycles. The normalized spacial score (nSPS) is 26.7. The maximum atomic E-state index is 12.0. The Kier molecular flexibility index (Phi) is 4.45. The summed E-state index contributed by atoms with van der Waals surface area (Å²) in [5.41, 5.74) is 0. The fourth-order valence-corrected chi connectivity index (χ4v) is 2.36. The smallest absolute Gasteiger partial charge is 0.317 e. The lowest BCUT2D eigenvalue weighted by molar-refractivity contribution is 0.111. The number of likely N-dealkylation sites (N-methyl/N-ethyl adjacent to an activating group) is 1. The molecule has 3 unspecified atom stereocenters. The molecule has 0 radical (unpaired) electrons. The zero-order chi connectivity index (χ0) is 13.1. The minimum absolute atomic E-state index is 0.103. The van der Waals surface area contributed by atoms with Crippen molar-refractivity contribution in [3.8, 4) is 0 Å². The van der Waals surface area contributed by atoms with Crippen LogP contribution in [0, 0.1) is 11.8 Å². The molecule has 18 heavy (non-hydrogen) atoms. The summed E-state index contributed by atoms with van der Waals surface area (Å²) in [4.78, 5) is 13.5. The fourth-order valence-electron chi connectivity index (χ4n) is 2.36. The van der Waals surface area contributed by atoms with Crippen molar-refractivity contribution in [3.63, 3.8) is 0 Å². The third-order valence-corrected chi connectivity index (χ3v) is 4.00. The summed E-state index contributed by atoms with van der Waals surface area (Å²) in [7, 11) is 1.73. The average molecular weight is 256 g/mol. The molecule has 2 N–H and O–H groups in total. The molecule has 2 amide bonds. The average Bonchev–Trinajstić information content (AvgIpc) is 3.04. The first-order valence-electron chi connectivity index (χ1n) is 6.85. The highest BCUT2D eigenvalue weighted by Gasteiger charge is 2.31. The molecule has 1 aliphatic carbocycles. The lowest BCUT2D eigenvalue weighted by atomic mass is 10.0. The predicted molar refractivity (Wildman–Crippen MR) is 68.3 cm³/mol. The molecule has 2 rings (SSSR count). The van der Waals surface area contributed by atoms with Crippen LogP contribution in [0.3, 0.4) is 0 Å². The van der Waals surface area contributed by atoms with Crippen molar-refractivity contribution in [1.29, 1.82) is 0 Å². The summed E-state index contributed by atoms with van der Waals surface area (Å²) in [5.74, 6) is 0.816. The molecule has 1 heterocycles. The van der Waals surface area contributed by atoms with Gasteiger partial charge in [0.25, 0.3) is 0 Å². The van der Waals surface area contributed by atoms with E-state index in [-0.39, 0.29) is 18.2 Å². The molecule has 3 atom stereocenters. The van der Waals surface area contributed by atoms with Crippen LogP contribution in [-0.2, 0) is 4.74 Å². The Morgan fingerprint density at radius 1 is 1.44 bits per heavy atom. The number of aliphatic hydroxyl groups excluding tert-OH is 1. The molecular weight excluding hydrogens is 232 g/mol. The second-order valence-corrected chi connectivity index (χ2v) is 5.65. The Hall–Kier alpha value is -0.810. The van der Waals surface area contributed by atoms with Crippen LogP contribution in [0.15, 0.2) is 0 Å². The van der Waals surface area contributed by atoms with Gasteiger partial charge in [0, 0.05) is 32.2 Å². The van der Waals surface area contributed by atoms with Gasteiger partial charge in [-0.3, -0.25) is 0 Å². The van der Waals surface area contributed by atoms with Gasteiger partial charge in [0.05, 0.1) is 12.7 Å². The van der Waals surface area contributed by atoms with Crippen LogP contribution in [0.2, 0.25) is 0 Å². The molecule has 104 valence electrons. The SMILES string of the molecule is CC(NC(=O)N(C)CC(O)C1CC1)C1CCOC1. The molecule has 2 fully saturated rings. The highest BCUT2D eigenvalue weighted by molar-refractivity contribution is 5.74. The van der Waals surface area contributed by atoms with Gasteiger partial charge < -0.3 is 20.1 Å². The summed E-state index contributed by atoms with van der Waals surface area (Å²) in [6.07, 6.45) is 2.82. The van der Waals surface area contributed by atoms with Crippen LogP contribution < -0.4 is 5.32 Å². The van der Waals surface area contributed by atoms with Gasteiger partial charge in [-0.15, -0.1) is 0 Å². The van der Waals surface area contributed by atoms with E-state index in [0.717, 1.165) is 32.5 Å². The van der Waals surface area contributed by atoms with Crippen LogP contribution in [0.1, 0.15) is 26.2 Å². The van der Waals surface area contributed by atoms with E-state index in [1.54, 1.807) is 11.9 Å². The Bertz CT molecular complexity index is 288. The molecule has 0 aromatic rings. The van der Waals surface area contributed by atoms with Crippen LogP contribution >= 0.6 is 0 Å². The molecule has 1 aliphatic heterocycles. The zero-order valence-corrected chi connectivity index (χ0v) is 11.3. The third-order valence-electron chi connectivity index (χ3n) is 4.00. The number of carbonyl (C=O) groups excluding carboxylic acids is 1. The topological polar surface area (TPSA) is 61.8 Å². The Balaban J connectivity index is 1.71. The van der Waals surface area contributed by atoms with E-state index in [1.807, 2.05) is 6.92 Å². The predicted octanol–water partition coefficient (Wildman–Crippen LogP) is 0.824. The molecule has 0 aromatic carbocycles. The standard InChI is InChI=1S/C13H24N2O3/c1-9(11-5-6-18-8-11)14-13(17)15(2)7-12(16)10-3-4-10/h9-12,16H,3-8H2,1-2H3,(H,14,17). The number of ether oxygens (including phenoxy) is 1. The van der Waals surface area contributed by atoms with Crippen LogP contribution in [-0.4, -0.2) is 55.0 Å². The molecule has 0 aromatic heterocycles. The van der Waals surface area contributed by atoms with E-state index >= 15 is 0 Å². The highest BCUT2D eigenvalue weighted by atomic mass is 16.5. The van der Waals surface area contributed by atoms with Crippen molar-refractivity contribution in [2.75, 3.05) is 26.8 Å². The van der Waals surface area contributed by atoms with Gasteiger partial charge in [-0.2, -0.15) is 0 Å². The molecular formula is C13H24N2O3. The first kappa shape index (κ1) is 13.6. The summed E-state index contributed by atoms with van der Waals surface area (Å²) in [6.45, 7) is 3.96. The quantitative estimate of drug-likeness (QED) is 0.765. The number of nitrogens with one attached hydrogen (secondary N) is 1. The molecule has 5 nitrogen and oxygen atoms in total. The fraction of sp³-hybridized carbons (Fsp3) is 0.923. The maximum absolute atomic E-state index is 12.0. The summed E-state index contributed by atoms with van der Waals surface area (Å²) < 4.78 is 5.32. The first-order chi connectivity index (χ1) is 8.58. The van der Waals surface area contributed by atoms with E-state index < -0.39 is 0 Å². The Morgan fingerprint density at radius 3 is 2.72 bits per heavy atom. The summed E-state index contributed by atoms with van der Waals surface area (Å²) in [5, 5.41) is 12.8. The van der Waals surface area contributed by atoms with Gasteiger partial charge >= 0.3 is 6.03 Å². The van der Waals surface area contributed by atoms with E-state index in [0.29, 0.717) is 18.4 Å². The number of amides is 2. The molecule has 2 aliphatic rings. The maximum Gasteiger partial charge on any atom is 0.317 e. The number of urea groups is 1. The van der Waals surface area contributed by atoms with Crippen molar-refractivity contribution in [2.45, 2.75) is 38.3 Å². The lowest BCUT2D eigenvalue weighted by Gasteiger charge is -2.25. The van der Waals surface area contributed by atoms with Crippen molar-refractivity contribution >= 4 is 6.03 Å². The first-order valence-corrected chi connectivity index (χ1v) is 6.85. The number of aliphatic hydroxyl groups is 1. The largest absolute Gasteiger partial charge is 0.391 e. The van der Waals surface area contributed by atoms with Crippen LogP contribution in [0.25, 0.3) is 0 Å². The van der Waals surface area contributed by atoms with Crippen LogP contribution in [0.4, 0.5) is 4.79 Å². The molecule has 5 heteroatoms. The van der Waals surface area contributed by atoms with Crippen molar-refractivity contribution in [3.05, 3.63) is 0 Å². The summed E-state index contributed by atoms with van der Waals surface area (Å²) in [6, 6.07) is 0.0228. The highest BCUT2D eigenvalue weighted by Crippen LogP contribution is 2.32. The van der Waals surface area contributed by atoms with Crippen molar-refractivity contribution in [2.24, 2.45) is 11.8 Å². The van der Waals surface area contributed by atoms with Gasteiger partial charge in [-0.1, -0.05) is 0 Å². The number of hydrogen-bond acceptors (Lipinski definition) is 3. The zero-order valence-electron chi connectivity index (χ0n) is 11.3. The van der Waals surface area contributed by atoms with Gasteiger partial charge in [-0.05, 0) is 32.1 Å². The van der Waals surface area contributed by atoms with Gasteiger partial charge in [-0.25, -0.2) is 4.79 Å². The van der Waals surface area contributed by atoms with E-state index in [9.17, 15) is 9.90 Å². The van der Waals surface area contributed by atoms with Crippen molar-refractivity contribution in [1.82, 2.24) is 10.2 Å². The third kappa shape index (κ3) is 3.59. The molecule has 0 spiro atoms. The number of hydrogen-bond donors (Lipinski definition) is 2. The van der Waals surface area contributed by atoms with Gasteiger partial charge in [0.2, 0.25) is 0 Å². The van der Waals surface area contributed by atoms with E-state index in [1.165, 1.54) is 0 Å². The van der Waals surface area contributed by atoms with Crippen LogP contribution in [0.5, 0.6) is 0 Å². The number of carbonyl (C=O) groups is 1. The monoisotopic (exact) mass is 256 g/mol. The van der Waals surface area contributed by atoms with E-state index in [4.69, 9.17) is 4.74 Å². The van der Waals surface area contributed by atoms with E-state index in [2.05, 4.69) is 5.32 Å². The number of rotatable bonds is 5. The molecule has 0 bridgehead atoms. The summed E-state index contributed by atoms with van der Waals surface area (Å²) >= 11 is 0. The second-order valence-electron chi connectivity index (χ2n) is 5.65. The minimum atomic E-state index is -0.370. The van der Waals surface area contributed by atoms with Crippen molar-refractivity contribution < 1.29 is 14.6 Å². The lowest BCUT2D eigenvalue weighted by Crippen LogP contribution is -2.47. The minimum Gasteiger partial charge on any atom is -0.391 e. The Morgan fingerprint density at radius 2 is 2.17 bits per heavy atom. The van der Waals surface area contributed by atoms with Gasteiger partial charge in [0.15, 0.2) is 0 Å². The second kappa shape index (κ2) is 5.89.